The third-order valence-corrected chi connectivity index (χ3v) is 3.67. The van der Waals surface area contributed by atoms with Gasteiger partial charge in [0.2, 0.25) is 0 Å². The Balaban J connectivity index is 1.87. The number of nitrogens with zero attached hydrogens (tertiary/aromatic N) is 1. The van der Waals surface area contributed by atoms with Gasteiger partial charge < -0.3 is 5.21 Å². The molecule has 0 saturated carbocycles. The maximum absolute atomic E-state index is 11.6. The highest BCUT2D eigenvalue weighted by Crippen LogP contribution is 2.20. The molecule has 22 heavy (non-hydrogen) atoms. The first kappa shape index (κ1) is 14.1. The summed E-state index contributed by atoms with van der Waals surface area (Å²) in [5.74, 6) is 0. The number of rotatable bonds is 3. The quantitative estimate of drug-likeness (QED) is 0.748. The van der Waals surface area contributed by atoms with Gasteiger partial charge in [0, 0.05) is 12.5 Å². The minimum Gasteiger partial charge on any atom is -0.425 e. The number of hydrogen-bond acceptors (Lipinski definition) is 2. The van der Waals surface area contributed by atoms with Crippen LogP contribution in [0.4, 0.5) is 0 Å². The highest BCUT2D eigenvalue weighted by Gasteiger charge is 2.05. The van der Waals surface area contributed by atoms with Crippen LogP contribution in [-0.4, -0.2) is 9.94 Å². The van der Waals surface area contributed by atoms with Crippen molar-refractivity contribution in [2.24, 2.45) is 0 Å². The highest BCUT2D eigenvalue weighted by atomic mass is 16.5. The molecule has 0 bridgehead atoms. The molecule has 3 heteroatoms. The van der Waals surface area contributed by atoms with Crippen LogP contribution in [0.2, 0.25) is 0 Å². The van der Waals surface area contributed by atoms with Gasteiger partial charge in [0.25, 0.3) is 5.56 Å². The highest BCUT2D eigenvalue weighted by molar-refractivity contribution is 5.63. The molecular weight excluding hydrogens is 274 g/mol. The summed E-state index contributed by atoms with van der Waals surface area (Å²) in [5, 5.41) is 9.82. The maximum atomic E-state index is 11.6. The smallest absolute Gasteiger partial charge is 0.283 e. The van der Waals surface area contributed by atoms with Gasteiger partial charge in [-0.05, 0) is 35.2 Å². The van der Waals surface area contributed by atoms with Crippen LogP contribution in [0.15, 0.2) is 71.5 Å². The Morgan fingerprint density at radius 3 is 2.23 bits per heavy atom. The normalized spacial score (nSPS) is 10.6. The average Bonchev–Trinajstić information content (AvgIpc) is 2.54. The monoisotopic (exact) mass is 291 g/mol. The first-order valence-electron chi connectivity index (χ1n) is 7.20. The van der Waals surface area contributed by atoms with E-state index >= 15 is 0 Å². The van der Waals surface area contributed by atoms with Crippen molar-refractivity contribution >= 4 is 0 Å². The number of aromatic nitrogens is 1. The lowest BCUT2D eigenvalue weighted by Gasteiger charge is -2.08. The van der Waals surface area contributed by atoms with E-state index in [9.17, 15) is 10.0 Å². The molecule has 0 amide bonds. The first-order valence-corrected chi connectivity index (χ1v) is 7.20. The standard InChI is InChI=1S/C19H17NO2/c1-14-11-18(20(22)19(21)12-14)13-15-7-9-17(10-8-15)16-5-3-2-4-6-16/h2-12,22H,13H2,1H3. The third kappa shape index (κ3) is 2.93. The van der Waals surface area contributed by atoms with Crippen LogP contribution in [0, 0.1) is 6.92 Å². The summed E-state index contributed by atoms with van der Waals surface area (Å²) < 4.78 is 0.720. The topological polar surface area (TPSA) is 42.2 Å². The predicted molar refractivity (Wildman–Crippen MR) is 87.3 cm³/mol. The van der Waals surface area contributed by atoms with E-state index in [0.717, 1.165) is 21.4 Å². The molecular formula is C19H17NO2. The van der Waals surface area contributed by atoms with Gasteiger partial charge in [-0.25, -0.2) is 0 Å². The summed E-state index contributed by atoms with van der Waals surface area (Å²) in [7, 11) is 0. The molecule has 3 rings (SSSR count). The van der Waals surface area contributed by atoms with Crippen LogP contribution in [0.3, 0.4) is 0 Å². The van der Waals surface area contributed by atoms with Gasteiger partial charge in [0.1, 0.15) is 0 Å². The van der Waals surface area contributed by atoms with Crippen molar-refractivity contribution in [3.8, 4) is 11.1 Å². The van der Waals surface area contributed by atoms with E-state index in [1.54, 1.807) is 0 Å². The molecule has 3 aromatic rings. The summed E-state index contributed by atoms with van der Waals surface area (Å²) in [5.41, 5.74) is 4.42. The fourth-order valence-corrected chi connectivity index (χ4v) is 2.54. The van der Waals surface area contributed by atoms with E-state index < -0.39 is 5.56 Å². The summed E-state index contributed by atoms with van der Waals surface area (Å²) in [4.78, 5) is 11.6. The molecule has 0 fully saturated rings. The van der Waals surface area contributed by atoms with Crippen LogP contribution in [0.25, 0.3) is 11.1 Å². The SMILES string of the molecule is Cc1cc(Cc2ccc(-c3ccccc3)cc2)n(O)c(=O)c1. The van der Waals surface area contributed by atoms with Crippen LogP contribution in [0.5, 0.6) is 0 Å². The van der Waals surface area contributed by atoms with Gasteiger partial charge in [-0.1, -0.05) is 54.6 Å². The van der Waals surface area contributed by atoms with Crippen LogP contribution in [-0.2, 0) is 6.42 Å². The van der Waals surface area contributed by atoms with Crippen molar-refractivity contribution < 1.29 is 5.21 Å². The Hall–Kier alpha value is -2.81. The molecule has 110 valence electrons. The molecule has 1 heterocycles. The second-order valence-corrected chi connectivity index (χ2v) is 5.41. The zero-order valence-corrected chi connectivity index (χ0v) is 12.4. The fraction of sp³-hybridized carbons (Fsp3) is 0.105. The van der Waals surface area contributed by atoms with E-state index in [1.807, 2.05) is 43.3 Å². The zero-order chi connectivity index (χ0) is 15.5. The van der Waals surface area contributed by atoms with Gasteiger partial charge in [-0.15, -0.1) is 0 Å². The molecule has 0 aliphatic carbocycles. The minimum atomic E-state index is -0.393. The summed E-state index contributed by atoms with van der Waals surface area (Å²) >= 11 is 0. The van der Waals surface area contributed by atoms with Crippen molar-refractivity contribution in [3.63, 3.8) is 0 Å². The first-order chi connectivity index (χ1) is 10.6. The molecule has 0 atom stereocenters. The number of hydrogen-bond donors (Lipinski definition) is 1. The van der Waals surface area contributed by atoms with Gasteiger partial charge in [0.05, 0.1) is 5.69 Å². The van der Waals surface area contributed by atoms with E-state index in [1.165, 1.54) is 11.6 Å². The summed E-state index contributed by atoms with van der Waals surface area (Å²) in [6, 6.07) is 21.6. The van der Waals surface area contributed by atoms with Crippen molar-refractivity contribution in [3.05, 3.63) is 93.9 Å². The molecule has 0 radical (unpaired) electrons. The maximum Gasteiger partial charge on any atom is 0.283 e. The Bertz CT molecular complexity index is 834. The lowest BCUT2D eigenvalue weighted by Crippen LogP contribution is -2.21. The largest absolute Gasteiger partial charge is 0.425 e. The Labute approximate surface area is 129 Å². The molecule has 0 aliphatic heterocycles. The second-order valence-electron chi connectivity index (χ2n) is 5.41. The molecule has 0 aliphatic rings. The van der Waals surface area contributed by atoms with E-state index in [4.69, 9.17) is 0 Å². The summed E-state index contributed by atoms with van der Waals surface area (Å²) in [6.45, 7) is 1.85. The number of benzene rings is 2. The lowest BCUT2D eigenvalue weighted by atomic mass is 10.0. The minimum absolute atomic E-state index is 0.393. The van der Waals surface area contributed by atoms with Crippen molar-refractivity contribution in [1.29, 1.82) is 0 Å². The third-order valence-electron chi connectivity index (χ3n) is 3.67. The van der Waals surface area contributed by atoms with E-state index in [0.29, 0.717) is 12.1 Å². The van der Waals surface area contributed by atoms with E-state index in [-0.39, 0.29) is 0 Å². The molecule has 0 unspecified atom stereocenters. The molecule has 1 aromatic heterocycles. The number of aryl methyl sites for hydroxylation is 1. The molecule has 3 nitrogen and oxygen atoms in total. The molecule has 0 spiro atoms. The molecule has 1 N–H and O–H groups in total. The van der Waals surface area contributed by atoms with Gasteiger partial charge in [0.15, 0.2) is 0 Å². The molecule has 2 aromatic carbocycles. The van der Waals surface area contributed by atoms with Gasteiger partial charge in [-0.3, -0.25) is 4.79 Å². The van der Waals surface area contributed by atoms with Crippen molar-refractivity contribution in [2.45, 2.75) is 13.3 Å². The Morgan fingerprint density at radius 2 is 1.55 bits per heavy atom. The lowest BCUT2D eigenvalue weighted by molar-refractivity contribution is 0.166. The van der Waals surface area contributed by atoms with Gasteiger partial charge in [-0.2, -0.15) is 4.73 Å². The summed E-state index contributed by atoms with van der Waals surface area (Å²) in [6.07, 6.45) is 0.516. The average molecular weight is 291 g/mol. The predicted octanol–water partition coefficient (Wildman–Crippen LogP) is 3.65. The van der Waals surface area contributed by atoms with Crippen LogP contribution in [0.1, 0.15) is 16.8 Å². The fourth-order valence-electron chi connectivity index (χ4n) is 2.54. The van der Waals surface area contributed by atoms with Crippen LogP contribution < -0.4 is 5.56 Å². The van der Waals surface area contributed by atoms with Crippen molar-refractivity contribution in [1.82, 2.24) is 4.73 Å². The number of pyridine rings is 1. The van der Waals surface area contributed by atoms with Crippen LogP contribution >= 0.6 is 0 Å². The zero-order valence-electron chi connectivity index (χ0n) is 12.4. The molecule has 0 saturated heterocycles. The Morgan fingerprint density at radius 1 is 0.909 bits per heavy atom. The Kier molecular flexibility index (Phi) is 3.79. The van der Waals surface area contributed by atoms with Gasteiger partial charge >= 0.3 is 0 Å². The second kappa shape index (κ2) is 5.90. The van der Waals surface area contributed by atoms with Crippen molar-refractivity contribution in [2.75, 3.05) is 0 Å². The van der Waals surface area contributed by atoms with E-state index in [2.05, 4.69) is 24.3 Å².